The van der Waals surface area contributed by atoms with E-state index >= 15 is 14.4 Å². The van der Waals surface area contributed by atoms with Crippen LogP contribution < -0.4 is 131 Å². The summed E-state index contributed by atoms with van der Waals surface area (Å²) in [5, 5.41) is 104. The summed E-state index contributed by atoms with van der Waals surface area (Å²) < 4.78 is 0. The zero-order valence-electron chi connectivity index (χ0n) is 77.7. The van der Waals surface area contributed by atoms with Crippen molar-refractivity contribution in [2.24, 2.45) is 51.8 Å². The minimum Gasteiger partial charge on any atom is -0.508 e. The van der Waals surface area contributed by atoms with Gasteiger partial charge in [0.2, 0.25) is 65.0 Å². The van der Waals surface area contributed by atoms with Crippen molar-refractivity contribution < 1.29 is 102 Å². The van der Waals surface area contributed by atoms with Crippen LogP contribution in [0.15, 0.2) is 97.1 Å². The van der Waals surface area contributed by atoms with Crippen molar-refractivity contribution in [3.8, 4) is 5.75 Å². The third-order valence-electron chi connectivity index (χ3n) is 22.5. The number of carbonyl (C=O) groups is 14. The van der Waals surface area contributed by atoms with E-state index in [4.69, 9.17) is 45.9 Å². The van der Waals surface area contributed by atoms with E-state index in [2.05, 4.69) is 69.1 Å². The number of phenolic OH excluding ortho intramolecular Hbond substituents is 1. The maximum absolute atomic E-state index is 15.5. The van der Waals surface area contributed by atoms with E-state index in [1.54, 1.807) is 13.8 Å². The number of hydrogen-bond acceptors (Lipinski definition) is 28. The van der Waals surface area contributed by atoms with Gasteiger partial charge in [-0.2, -0.15) is 0 Å². The third-order valence-corrected chi connectivity index (χ3v) is 22.5. The van der Waals surface area contributed by atoms with Crippen LogP contribution in [0.25, 0.3) is 0 Å². The van der Waals surface area contributed by atoms with Crippen LogP contribution in [0.1, 0.15) is 230 Å². The SMILES string of the molecule is CC(C)C[C@H](NC(=O)[C@H](CCCCN)NC(=O)[C@H](CCCCNC(=O)[C@H](CCCCNC(=O)c1ccc(B(O)O)cc1)NC(=O)[C@H](CCCCN)NC(=O)[C@@H](N)CCCCN)NC(=O)[C@H](CCCCNC(=O)c1ccc(B(O)O)cc1)NC(=O)[C@H](CCCCN)NC(=O)[C@@H](N)CCCCN)C(=O)N[C@@H](CCCCNC(=O)c1ccc(B(O)O)cc1)C(=O)N[C@@H](Cc1ccc(O)cc1)C(N)=O. The van der Waals surface area contributed by atoms with E-state index in [0.717, 1.165) is 0 Å². The quantitative estimate of drug-likeness (QED) is 0.0145. The lowest BCUT2D eigenvalue weighted by Gasteiger charge is -2.28. The largest absolute Gasteiger partial charge is 0.508 e. The Morgan fingerprint density at radius 2 is 0.511 bits per heavy atom. The average molecular weight is 1890 g/mol. The Hall–Kier alpha value is -11.1. The van der Waals surface area contributed by atoms with Crippen LogP contribution >= 0.6 is 0 Å². The Bertz CT molecular complexity index is 4290. The lowest BCUT2D eigenvalue weighted by Crippen LogP contribution is -2.60. The number of primary amides is 1. The van der Waals surface area contributed by atoms with Gasteiger partial charge >= 0.3 is 21.4 Å². The molecule has 0 spiro atoms. The molecule has 0 heterocycles. The fourth-order valence-electron chi connectivity index (χ4n) is 14.5. The predicted molar refractivity (Wildman–Crippen MR) is 513 cm³/mol. The monoisotopic (exact) mass is 1890 g/mol. The molecule has 0 aliphatic carbocycles. The second kappa shape index (κ2) is 65.6. The molecule has 0 radical (unpaired) electrons. The van der Waals surface area contributed by atoms with Gasteiger partial charge in [-0.3, -0.25) is 67.1 Å². The standard InChI is InChI=1S/C90H146B3N21O21/c1-57(2)55-76(90(129)112-74(88(127)113-75(77(101)116)56-58-30-44-65(115)45-31-58)29-10-19-53-104-80(119)61-36-42-64(43-37-61)93(134)135)114-89(128)71(25-7-16-50-98)109-86(125)73(111-87(126)72(27-9-18-52-103-79(118)60-34-40-63(41-35-60)92(132)133)110-85(124)70(24-6-15-49-97)107-82(121)67(100)22-4-13-47-95)28-11-20-54-105-83(122)68(26-8-17-51-102-78(117)59-32-38-62(39-33-59)91(130)131)108-84(123)69(23-5-14-48-96)106-81(120)66(99)21-3-12-46-94/h30-45,57,66-76,115,130-135H,3-29,46-56,94-100H2,1-2H3,(H2,101,116)(H,102,117)(H,103,118)(H,104,119)(H,105,122)(H,106,120)(H,107,121)(H,108,123)(H,109,125)(H,110,124)(H,111,126)(H,112,129)(H,113,127)(H,114,128)/t66-,67-,68-,69-,70-,71-,72-,73-,74-,75-,76-/m0/s1. The summed E-state index contributed by atoms with van der Waals surface area (Å²) in [4.78, 5) is 199. The van der Waals surface area contributed by atoms with E-state index in [1.807, 2.05) is 0 Å². The van der Waals surface area contributed by atoms with Gasteiger partial charge < -0.3 is 150 Å². The molecule has 4 aromatic rings. The molecule has 14 amide bonds. The van der Waals surface area contributed by atoms with Crippen molar-refractivity contribution in [2.45, 2.75) is 267 Å². The first kappa shape index (κ1) is 116. The number of rotatable bonds is 70. The summed E-state index contributed by atoms with van der Waals surface area (Å²) in [6, 6.07) is 7.87. The van der Waals surface area contributed by atoms with E-state index < -0.39 is 171 Å². The Morgan fingerprint density at radius 3 is 0.770 bits per heavy atom. The van der Waals surface area contributed by atoms with Gasteiger partial charge in [0, 0.05) is 49.3 Å². The summed E-state index contributed by atoms with van der Waals surface area (Å²) in [7, 11) is -5.30. The van der Waals surface area contributed by atoms with Gasteiger partial charge in [-0.05, 0) is 276 Å². The van der Waals surface area contributed by atoms with Gasteiger partial charge in [-0.1, -0.05) is 75.2 Å². The first-order chi connectivity index (χ1) is 64.5. The Labute approximate surface area is 790 Å². The molecule has 11 atom stereocenters. The van der Waals surface area contributed by atoms with Crippen molar-refractivity contribution in [1.29, 1.82) is 0 Å². The summed E-state index contributed by atoms with van der Waals surface area (Å²) >= 11 is 0. The highest BCUT2D eigenvalue weighted by molar-refractivity contribution is 6.59. The van der Waals surface area contributed by atoms with Gasteiger partial charge in [0.1, 0.15) is 60.1 Å². The molecule has 0 saturated heterocycles. The number of nitrogens with one attached hydrogen (secondary N) is 13. The van der Waals surface area contributed by atoms with Gasteiger partial charge in [0.05, 0.1) is 12.1 Å². The van der Waals surface area contributed by atoms with Gasteiger partial charge in [0.15, 0.2) is 0 Å². The Morgan fingerprint density at radius 1 is 0.281 bits per heavy atom. The molecule has 0 fully saturated rings. The number of aromatic hydroxyl groups is 1. The molecule has 0 unspecified atom stereocenters. The van der Waals surface area contributed by atoms with E-state index in [1.165, 1.54) is 97.1 Å². The Kier molecular flexibility index (Phi) is 56.5. The van der Waals surface area contributed by atoms with Gasteiger partial charge in [0.25, 0.3) is 17.7 Å². The molecule has 0 aliphatic rings. The fourth-order valence-corrected chi connectivity index (χ4v) is 14.5. The predicted octanol–water partition coefficient (Wildman–Crippen LogP) is -5.74. The molecule has 45 heteroatoms. The second-order valence-corrected chi connectivity index (χ2v) is 34.1. The molecule has 4 aromatic carbocycles. The maximum Gasteiger partial charge on any atom is 0.488 e. The number of carbonyl (C=O) groups excluding carboxylic acids is 14. The van der Waals surface area contributed by atoms with Crippen molar-refractivity contribution in [3.05, 3.63) is 119 Å². The zero-order chi connectivity index (χ0) is 99.7. The number of hydrogen-bond donors (Lipinski definition) is 28. The number of phenols is 1. The molecule has 0 saturated carbocycles. The van der Waals surface area contributed by atoms with Crippen LogP contribution in [0, 0.1) is 5.92 Å². The van der Waals surface area contributed by atoms with E-state index in [0.29, 0.717) is 82.9 Å². The lowest BCUT2D eigenvalue weighted by molar-refractivity contribution is -0.136. The van der Waals surface area contributed by atoms with Crippen molar-refractivity contribution in [2.75, 3.05) is 58.9 Å². The van der Waals surface area contributed by atoms with Crippen LogP contribution in [-0.4, -0.2) is 265 Å². The summed E-state index contributed by atoms with van der Waals surface area (Å²) in [5.74, 6) is -10.8. The normalized spacial score (nSPS) is 13.6. The molecule has 0 aliphatic heterocycles. The van der Waals surface area contributed by atoms with E-state index in [9.17, 15) is 88.0 Å². The minimum absolute atomic E-state index is 0.00266. The van der Waals surface area contributed by atoms with Crippen LogP contribution in [-0.2, 0) is 59.2 Å². The highest BCUT2D eigenvalue weighted by atomic mass is 16.4. The highest BCUT2D eigenvalue weighted by Gasteiger charge is 2.37. The molecule has 0 aromatic heterocycles. The van der Waals surface area contributed by atoms with Crippen LogP contribution in [0.5, 0.6) is 5.75 Å². The highest BCUT2D eigenvalue weighted by Crippen LogP contribution is 2.18. The van der Waals surface area contributed by atoms with Crippen molar-refractivity contribution >= 4 is 120 Å². The first-order valence-corrected chi connectivity index (χ1v) is 46.9. The third kappa shape index (κ3) is 45.9. The fraction of sp³-hybridized carbons (Fsp3) is 0.578. The van der Waals surface area contributed by atoms with Gasteiger partial charge in [-0.15, -0.1) is 0 Å². The second-order valence-electron chi connectivity index (χ2n) is 34.1. The van der Waals surface area contributed by atoms with Crippen LogP contribution in [0.3, 0.4) is 0 Å². The molecule has 42 nitrogen and oxygen atoms in total. The van der Waals surface area contributed by atoms with Crippen molar-refractivity contribution in [3.63, 3.8) is 0 Å². The summed E-state index contributed by atoms with van der Waals surface area (Å²) in [6.07, 6.45) is 5.55. The average Bonchev–Trinajstić information content (AvgIpc) is 0.909. The number of unbranched alkanes of at least 4 members (excludes halogenated alkanes) is 9. The van der Waals surface area contributed by atoms with Crippen LogP contribution in [0.2, 0.25) is 0 Å². The van der Waals surface area contributed by atoms with E-state index in [-0.39, 0.29) is 213 Å². The summed E-state index contributed by atoms with van der Waals surface area (Å²) in [5.41, 5.74) is 49.1. The molecular weight excluding hydrogens is 1740 g/mol. The molecular formula is C90H146B3N21O21. The number of benzene rings is 4. The number of nitrogens with two attached hydrogens (primary N) is 8. The Balaban J connectivity index is 1.80. The smallest absolute Gasteiger partial charge is 0.488 e. The molecule has 746 valence electrons. The molecule has 135 heavy (non-hydrogen) atoms. The molecule has 0 bridgehead atoms. The maximum atomic E-state index is 15.5. The zero-order valence-corrected chi connectivity index (χ0v) is 77.7. The molecule has 4 rings (SSSR count). The van der Waals surface area contributed by atoms with Gasteiger partial charge in [-0.25, -0.2) is 0 Å². The topological polar surface area (TPSA) is 745 Å². The first-order valence-electron chi connectivity index (χ1n) is 46.9. The number of amides is 14. The molecule has 36 N–H and O–H groups in total. The minimum atomic E-state index is -1.79. The summed E-state index contributed by atoms with van der Waals surface area (Å²) in [6.45, 7) is 4.95. The van der Waals surface area contributed by atoms with Crippen LogP contribution in [0.4, 0.5) is 0 Å². The van der Waals surface area contributed by atoms with Crippen molar-refractivity contribution in [1.82, 2.24) is 69.1 Å². The lowest BCUT2D eigenvalue weighted by atomic mass is 9.80.